The predicted molar refractivity (Wildman–Crippen MR) is 93.4 cm³/mol. The van der Waals surface area contributed by atoms with Gasteiger partial charge in [0.15, 0.2) is 0 Å². The van der Waals surface area contributed by atoms with E-state index in [0.29, 0.717) is 5.56 Å². The fourth-order valence-corrected chi connectivity index (χ4v) is 1.49. The van der Waals surface area contributed by atoms with E-state index >= 15 is 0 Å². The Morgan fingerprint density at radius 3 is 1.44 bits per heavy atom. The molecule has 0 aromatic heterocycles. The minimum atomic E-state index is -0.833. The standard InChI is InChI=1S/C14H12O3.2C2H4O2/c15-12-5-3-10(4-6-12)1-2-11-7-13(16)9-14(17)8-11;2*1-2(3)4/h1-9,15-17H;2*1H3,(H,3,4). The molecule has 2 rings (SSSR count). The molecule has 7 nitrogen and oxygen atoms in total. The maximum absolute atomic E-state index is 9.30. The molecule has 0 unspecified atom stereocenters. The first-order valence-corrected chi connectivity index (χ1v) is 6.99. The van der Waals surface area contributed by atoms with E-state index in [1.54, 1.807) is 42.5 Å². The fourth-order valence-electron chi connectivity index (χ4n) is 1.49. The van der Waals surface area contributed by atoms with Gasteiger partial charge < -0.3 is 25.5 Å². The van der Waals surface area contributed by atoms with Crippen molar-refractivity contribution in [1.29, 1.82) is 0 Å². The van der Waals surface area contributed by atoms with Crippen LogP contribution in [0.1, 0.15) is 25.0 Å². The molecule has 7 heteroatoms. The Balaban J connectivity index is 0.000000609. The SMILES string of the molecule is CC(=O)O.CC(=O)O.Oc1ccc(C=Cc2cc(O)cc(O)c2)cc1. The molecule has 2 aromatic carbocycles. The molecule has 5 N–H and O–H groups in total. The number of hydrogen-bond acceptors (Lipinski definition) is 5. The van der Waals surface area contributed by atoms with Crippen molar-refractivity contribution in [1.82, 2.24) is 0 Å². The average Bonchev–Trinajstić information content (AvgIpc) is 2.44. The van der Waals surface area contributed by atoms with E-state index in [1.807, 2.05) is 6.08 Å². The third kappa shape index (κ3) is 12.7. The minimum absolute atomic E-state index is 0.0235. The molecule has 0 aliphatic carbocycles. The fraction of sp³-hybridized carbons (Fsp3) is 0.111. The molecule has 0 amide bonds. The number of aliphatic carboxylic acids is 2. The molecule has 0 heterocycles. The molecule has 2 aromatic rings. The van der Waals surface area contributed by atoms with Gasteiger partial charge in [0.2, 0.25) is 0 Å². The third-order valence-electron chi connectivity index (χ3n) is 2.29. The molecule has 0 bridgehead atoms. The lowest BCUT2D eigenvalue weighted by Crippen LogP contribution is -1.78. The van der Waals surface area contributed by atoms with E-state index in [-0.39, 0.29) is 17.2 Å². The van der Waals surface area contributed by atoms with Crippen molar-refractivity contribution in [3.05, 3.63) is 53.6 Å². The van der Waals surface area contributed by atoms with E-state index in [2.05, 4.69) is 0 Å². The Hall–Kier alpha value is -3.48. The second-order valence-electron chi connectivity index (χ2n) is 4.75. The van der Waals surface area contributed by atoms with Crippen molar-refractivity contribution in [3.8, 4) is 17.2 Å². The maximum atomic E-state index is 9.30. The number of carboxylic acid groups (broad SMARTS) is 2. The Labute approximate surface area is 144 Å². The lowest BCUT2D eigenvalue weighted by Gasteiger charge is -1.98. The van der Waals surface area contributed by atoms with Crippen LogP contribution < -0.4 is 0 Å². The lowest BCUT2D eigenvalue weighted by atomic mass is 10.1. The molecule has 0 saturated heterocycles. The average molecular weight is 348 g/mol. The summed E-state index contributed by atoms with van der Waals surface area (Å²) >= 11 is 0. The first-order chi connectivity index (χ1) is 11.6. The van der Waals surface area contributed by atoms with Gasteiger partial charge in [0.05, 0.1) is 0 Å². The van der Waals surface area contributed by atoms with Gasteiger partial charge in [-0.3, -0.25) is 9.59 Å². The van der Waals surface area contributed by atoms with Gasteiger partial charge in [-0.1, -0.05) is 24.3 Å². The number of carboxylic acids is 2. The molecule has 0 atom stereocenters. The number of benzene rings is 2. The Bertz CT molecular complexity index is 678. The topological polar surface area (TPSA) is 135 Å². The van der Waals surface area contributed by atoms with Gasteiger partial charge in [-0.05, 0) is 35.4 Å². The molecular formula is C18H20O7. The van der Waals surface area contributed by atoms with Crippen LogP contribution in [0.2, 0.25) is 0 Å². The summed E-state index contributed by atoms with van der Waals surface area (Å²) in [5.41, 5.74) is 1.63. The summed E-state index contributed by atoms with van der Waals surface area (Å²) in [6.07, 6.45) is 3.60. The molecule has 0 spiro atoms. The van der Waals surface area contributed by atoms with Gasteiger partial charge in [0.1, 0.15) is 17.2 Å². The van der Waals surface area contributed by atoms with Crippen molar-refractivity contribution < 1.29 is 35.1 Å². The second kappa shape index (κ2) is 11.1. The molecule has 0 radical (unpaired) electrons. The Morgan fingerprint density at radius 1 is 0.680 bits per heavy atom. The zero-order valence-electron chi connectivity index (χ0n) is 13.7. The van der Waals surface area contributed by atoms with Crippen LogP contribution in [0.5, 0.6) is 17.2 Å². The van der Waals surface area contributed by atoms with E-state index in [9.17, 15) is 10.2 Å². The van der Waals surface area contributed by atoms with Crippen LogP contribution in [0.15, 0.2) is 42.5 Å². The highest BCUT2D eigenvalue weighted by atomic mass is 16.4. The second-order valence-corrected chi connectivity index (χ2v) is 4.75. The van der Waals surface area contributed by atoms with Crippen LogP contribution in [0.3, 0.4) is 0 Å². The van der Waals surface area contributed by atoms with E-state index < -0.39 is 11.9 Å². The number of aromatic hydroxyl groups is 3. The molecule has 25 heavy (non-hydrogen) atoms. The molecule has 0 saturated carbocycles. The van der Waals surface area contributed by atoms with Gasteiger partial charge in [-0.25, -0.2) is 0 Å². The van der Waals surface area contributed by atoms with Crippen molar-refractivity contribution in [3.63, 3.8) is 0 Å². The summed E-state index contributed by atoms with van der Waals surface area (Å²) in [6, 6.07) is 11.1. The van der Waals surface area contributed by atoms with Crippen LogP contribution >= 0.6 is 0 Å². The van der Waals surface area contributed by atoms with Crippen LogP contribution in [0, 0.1) is 0 Å². The van der Waals surface area contributed by atoms with Crippen LogP contribution in [-0.4, -0.2) is 37.5 Å². The Morgan fingerprint density at radius 2 is 1.04 bits per heavy atom. The van der Waals surface area contributed by atoms with E-state index in [4.69, 9.17) is 24.9 Å². The molecule has 0 fully saturated rings. The molecular weight excluding hydrogens is 328 g/mol. The van der Waals surface area contributed by atoms with Crippen LogP contribution in [0.25, 0.3) is 12.2 Å². The summed E-state index contributed by atoms with van der Waals surface area (Å²) in [4.78, 5) is 18.0. The normalized spacial score (nSPS) is 9.36. The largest absolute Gasteiger partial charge is 0.508 e. The smallest absolute Gasteiger partial charge is 0.300 e. The third-order valence-corrected chi connectivity index (χ3v) is 2.29. The maximum Gasteiger partial charge on any atom is 0.300 e. The van der Waals surface area contributed by atoms with Gasteiger partial charge in [-0.2, -0.15) is 0 Å². The highest BCUT2D eigenvalue weighted by Crippen LogP contribution is 2.22. The zero-order valence-corrected chi connectivity index (χ0v) is 13.7. The lowest BCUT2D eigenvalue weighted by molar-refractivity contribution is -0.135. The van der Waals surface area contributed by atoms with Crippen molar-refractivity contribution in [2.45, 2.75) is 13.8 Å². The first kappa shape index (κ1) is 21.5. The van der Waals surface area contributed by atoms with E-state index in [1.165, 1.54) is 6.07 Å². The molecule has 0 aliphatic rings. The quantitative estimate of drug-likeness (QED) is 0.526. The van der Waals surface area contributed by atoms with Gasteiger partial charge >= 0.3 is 0 Å². The highest BCUT2D eigenvalue weighted by molar-refractivity contribution is 5.71. The van der Waals surface area contributed by atoms with Gasteiger partial charge in [0.25, 0.3) is 11.9 Å². The summed E-state index contributed by atoms with van der Waals surface area (Å²) in [7, 11) is 0. The number of carbonyl (C=O) groups is 2. The van der Waals surface area contributed by atoms with Crippen LogP contribution in [0.4, 0.5) is 0 Å². The molecule has 0 aliphatic heterocycles. The number of phenolic OH excluding ortho intramolecular Hbond substituents is 3. The predicted octanol–water partition coefficient (Wildman–Crippen LogP) is 3.16. The summed E-state index contributed by atoms with van der Waals surface area (Å²) in [6.45, 7) is 2.17. The van der Waals surface area contributed by atoms with Crippen molar-refractivity contribution in [2.24, 2.45) is 0 Å². The summed E-state index contributed by atoms with van der Waals surface area (Å²) < 4.78 is 0. The number of hydrogen-bond donors (Lipinski definition) is 5. The number of phenols is 3. The zero-order chi connectivity index (χ0) is 19.4. The van der Waals surface area contributed by atoms with Gasteiger partial charge in [-0.15, -0.1) is 0 Å². The minimum Gasteiger partial charge on any atom is -0.508 e. The highest BCUT2D eigenvalue weighted by Gasteiger charge is 1.95. The van der Waals surface area contributed by atoms with Gasteiger partial charge in [0, 0.05) is 19.9 Å². The summed E-state index contributed by atoms with van der Waals surface area (Å²) in [5, 5.41) is 42.6. The summed E-state index contributed by atoms with van der Waals surface area (Å²) in [5.74, 6) is -1.40. The van der Waals surface area contributed by atoms with Crippen LogP contribution in [-0.2, 0) is 9.59 Å². The van der Waals surface area contributed by atoms with Crippen molar-refractivity contribution in [2.75, 3.05) is 0 Å². The molecule has 134 valence electrons. The number of rotatable bonds is 2. The first-order valence-electron chi connectivity index (χ1n) is 6.99. The Kier molecular flexibility index (Phi) is 9.57. The monoisotopic (exact) mass is 348 g/mol. The van der Waals surface area contributed by atoms with E-state index in [0.717, 1.165) is 19.4 Å². The van der Waals surface area contributed by atoms with Crippen molar-refractivity contribution >= 4 is 24.1 Å².